The SMILES string of the molecule is NC(=O)c1cc(C#CCCCN(N)C(=O)O)ccc1OCCN1CCN(C(c2ccccc2)c2ccc(Cl)cc2)CC1. The fourth-order valence-corrected chi connectivity index (χ4v) is 5.07. The fraction of sp³-hybridized carbons (Fsp3) is 0.312. The Labute approximate surface area is 251 Å². The Hall–Kier alpha value is -4.07. The van der Waals surface area contributed by atoms with Crippen molar-refractivity contribution in [3.63, 3.8) is 0 Å². The number of nitrogens with zero attached hydrogens (tertiary/aromatic N) is 3. The van der Waals surface area contributed by atoms with Crippen molar-refractivity contribution in [2.45, 2.75) is 18.9 Å². The van der Waals surface area contributed by atoms with Crippen molar-refractivity contribution in [3.8, 4) is 17.6 Å². The molecule has 0 spiro atoms. The van der Waals surface area contributed by atoms with Gasteiger partial charge >= 0.3 is 6.09 Å². The number of hydrogen-bond acceptors (Lipinski definition) is 6. The Kier molecular flexibility index (Phi) is 11.2. The van der Waals surface area contributed by atoms with Crippen LogP contribution in [0.4, 0.5) is 4.79 Å². The van der Waals surface area contributed by atoms with Gasteiger partial charge in [0.05, 0.1) is 11.6 Å². The molecule has 3 aromatic rings. The number of unbranched alkanes of at least 4 members (excludes halogenated alkanes) is 1. The van der Waals surface area contributed by atoms with E-state index in [1.54, 1.807) is 18.2 Å². The predicted octanol–water partition coefficient (Wildman–Crippen LogP) is 4.21. The molecule has 1 unspecified atom stereocenters. The first kappa shape index (κ1) is 30.9. The van der Waals surface area contributed by atoms with E-state index in [1.807, 2.05) is 18.2 Å². The van der Waals surface area contributed by atoms with Gasteiger partial charge in [0, 0.05) is 56.3 Å². The minimum Gasteiger partial charge on any atom is -0.491 e. The highest BCUT2D eigenvalue weighted by atomic mass is 35.5. The molecule has 0 radical (unpaired) electrons. The average molecular weight is 590 g/mol. The van der Waals surface area contributed by atoms with Gasteiger partial charge in [-0.15, -0.1) is 0 Å². The minimum absolute atomic E-state index is 0.154. The summed E-state index contributed by atoms with van der Waals surface area (Å²) in [4.78, 5) is 27.7. The lowest BCUT2D eigenvalue weighted by Gasteiger charge is -2.39. The molecule has 4 rings (SSSR count). The Morgan fingerprint density at radius 2 is 1.69 bits per heavy atom. The highest BCUT2D eigenvalue weighted by Gasteiger charge is 2.26. The summed E-state index contributed by atoms with van der Waals surface area (Å²) in [6.07, 6.45) is -0.218. The maximum atomic E-state index is 12.1. The van der Waals surface area contributed by atoms with Crippen LogP contribution in [-0.4, -0.2) is 77.8 Å². The molecule has 0 aliphatic carbocycles. The normalized spacial score (nSPS) is 14.4. The van der Waals surface area contributed by atoms with Crippen molar-refractivity contribution in [2.75, 3.05) is 45.9 Å². The second-order valence-corrected chi connectivity index (χ2v) is 10.5. The van der Waals surface area contributed by atoms with Gasteiger partial charge in [-0.2, -0.15) is 0 Å². The van der Waals surface area contributed by atoms with Gasteiger partial charge < -0.3 is 15.6 Å². The van der Waals surface area contributed by atoms with Crippen LogP contribution in [0.2, 0.25) is 5.02 Å². The van der Waals surface area contributed by atoms with E-state index in [9.17, 15) is 9.59 Å². The zero-order valence-corrected chi connectivity index (χ0v) is 24.2. The molecule has 10 heteroatoms. The number of ether oxygens (including phenoxy) is 1. The number of piperazine rings is 1. The van der Waals surface area contributed by atoms with Crippen molar-refractivity contribution in [1.82, 2.24) is 14.8 Å². The first-order valence-electron chi connectivity index (χ1n) is 13.9. The third kappa shape index (κ3) is 8.71. The van der Waals surface area contributed by atoms with E-state index >= 15 is 0 Å². The van der Waals surface area contributed by atoms with Crippen LogP contribution < -0.4 is 16.3 Å². The van der Waals surface area contributed by atoms with E-state index < -0.39 is 12.0 Å². The number of rotatable bonds is 11. The monoisotopic (exact) mass is 589 g/mol. The topological polar surface area (TPSA) is 125 Å². The van der Waals surface area contributed by atoms with E-state index in [-0.39, 0.29) is 18.2 Å². The summed E-state index contributed by atoms with van der Waals surface area (Å²) in [7, 11) is 0. The molecule has 0 aromatic heterocycles. The van der Waals surface area contributed by atoms with Gasteiger partial charge in [0.25, 0.3) is 5.91 Å². The summed E-state index contributed by atoms with van der Waals surface area (Å²) in [5.41, 5.74) is 9.00. The van der Waals surface area contributed by atoms with Crippen molar-refractivity contribution in [2.24, 2.45) is 11.6 Å². The number of carboxylic acid groups (broad SMARTS) is 1. The van der Waals surface area contributed by atoms with Gasteiger partial charge in [-0.05, 0) is 47.9 Å². The Balaban J connectivity index is 1.29. The molecule has 220 valence electrons. The number of carbonyl (C=O) groups excluding carboxylic acids is 1. The second kappa shape index (κ2) is 15.2. The Morgan fingerprint density at radius 1 is 1.00 bits per heavy atom. The van der Waals surface area contributed by atoms with Gasteiger partial charge in [0.2, 0.25) is 0 Å². The standard InChI is InChI=1S/C32H36ClN5O4/c33-27-13-11-26(12-14-27)30(25-8-4-1-5-9-25)37-19-17-36(18-20-37)21-22-42-29-15-10-24(23-28(29)31(34)39)7-3-2-6-16-38(35)32(40)41/h1,4-5,8-15,23,30H,2,6,16-22,35H2,(H2,34,39)(H,40,41). The Morgan fingerprint density at radius 3 is 2.36 bits per heavy atom. The molecule has 9 nitrogen and oxygen atoms in total. The third-order valence-corrected chi connectivity index (χ3v) is 7.41. The van der Waals surface area contributed by atoms with Crippen LogP contribution in [0, 0.1) is 11.8 Å². The molecule has 1 atom stereocenters. The summed E-state index contributed by atoms with van der Waals surface area (Å²) in [6, 6.07) is 23.9. The first-order valence-corrected chi connectivity index (χ1v) is 14.3. The van der Waals surface area contributed by atoms with Crippen molar-refractivity contribution < 1.29 is 19.4 Å². The number of primary amides is 1. The highest BCUT2D eigenvalue weighted by molar-refractivity contribution is 6.30. The van der Waals surface area contributed by atoms with Gasteiger partial charge in [-0.3, -0.25) is 14.6 Å². The highest BCUT2D eigenvalue weighted by Crippen LogP contribution is 2.30. The van der Waals surface area contributed by atoms with Crippen LogP contribution in [0.5, 0.6) is 5.75 Å². The van der Waals surface area contributed by atoms with E-state index in [0.29, 0.717) is 30.8 Å². The van der Waals surface area contributed by atoms with E-state index in [2.05, 4.69) is 58.0 Å². The van der Waals surface area contributed by atoms with Crippen molar-refractivity contribution in [1.29, 1.82) is 0 Å². The summed E-state index contributed by atoms with van der Waals surface area (Å²) in [5.74, 6) is 11.1. The molecule has 3 aromatic carbocycles. The molecular weight excluding hydrogens is 554 g/mol. The number of halogens is 1. The summed E-state index contributed by atoms with van der Waals surface area (Å²) < 4.78 is 5.98. The van der Waals surface area contributed by atoms with Gasteiger partial charge in [-0.1, -0.05) is 65.9 Å². The number of nitrogens with two attached hydrogens (primary N) is 2. The second-order valence-electron chi connectivity index (χ2n) is 10.0. The van der Waals surface area contributed by atoms with E-state index in [1.165, 1.54) is 11.1 Å². The molecule has 5 N–H and O–H groups in total. The fourth-order valence-electron chi connectivity index (χ4n) is 4.95. The smallest absolute Gasteiger partial charge is 0.421 e. The van der Waals surface area contributed by atoms with Crippen LogP contribution in [-0.2, 0) is 0 Å². The maximum Gasteiger partial charge on any atom is 0.421 e. The molecule has 1 heterocycles. The van der Waals surface area contributed by atoms with Crippen molar-refractivity contribution in [3.05, 3.63) is 100 Å². The molecular formula is C32H36ClN5O4. The van der Waals surface area contributed by atoms with Crippen LogP contribution in [0.15, 0.2) is 72.8 Å². The van der Waals surface area contributed by atoms with Crippen molar-refractivity contribution >= 4 is 23.6 Å². The minimum atomic E-state index is -1.18. The zero-order valence-electron chi connectivity index (χ0n) is 23.4. The predicted molar refractivity (Wildman–Crippen MR) is 163 cm³/mol. The zero-order chi connectivity index (χ0) is 29.9. The summed E-state index contributed by atoms with van der Waals surface area (Å²) in [5, 5.41) is 10.2. The summed E-state index contributed by atoms with van der Waals surface area (Å²) >= 11 is 6.16. The average Bonchev–Trinajstić information content (AvgIpc) is 2.99. The number of amides is 2. The van der Waals surface area contributed by atoms with Gasteiger partial charge in [-0.25, -0.2) is 15.6 Å². The largest absolute Gasteiger partial charge is 0.491 e. The molecule has 42 heavy (non-hydrogen) atoms. The van der Waals surface area contributed by atoms with Crippen LogP contribution in [0.25, 0.3) is 0 Å². The molecule has 1 aliphatic heterocycles. The lowest BCUT2D eigenvalue weighted by Crippen LogP contribution is -2.48. The lowest BCUT2D eigenvalue weighted by molar-refractivity contribution is 0.0957. The van der Waals surface area contributed by atoms with Gasteiger partial charge in [0.15, 0.2) is 0 Å². The van der Waals surface area contributed by atoms with E-state index in [4.69, 9.17) is 33.0 Å². The van der Waals surface area contributed by atoms with Gasteiger partial charge in [0.1, 0.15) is 12.4 Å². The third-order valence-electron chi connectivity index (χ3n) is 7.16. The summed E-state index contributed by atoms with van der Waals surface area (Å²) in [6.45, 7) is 4.93. The molecule has 1 saturated heterocycles. The quantitative estimate of drug-likeness (QED) is 0.101. The molecule has 1 aliphatic rings. The number of hydrazine groups is 1. The Bertz CT molecular complexity index is 1400. The molecule has 0 saturated carbocycles. The number of carbonyl (C=O) groups is 2. The van der Waals surface area contributed by atoms with Crippen LogP contribution in [0.1, 0.15) is 45.9 Å². The van der Waals surface area contributed by atoms with Crippen LogP contribution in [0.3, 0.4) is 0 Å². The first-order chi connectivity index (χ1) is 20.3. The van der Waals surface area contributed by atoms with E-state index in [0.717, 1.165) is 42.8 Å². The molecule has 2 amide bonds. The molecule has 1 fully saturated rings. The number of hydrogen-bond donors (Lipinski definition) is 3. The molecule has 0 bridgehead atoms. The lowest BCUT2D eigenvalue weighted by atomic mass is 9.96. The maximum absolute atomic E-state index is 12.1. The number of benzene rings is 3. The van der Waals surface area contributed by atoms with Crippen LogP contribution >= 0.6 is 11.6 Å².